The summed E-state index contributed by atoms with van der Waals surface area (Å²) in [6.45, 7) is 1.48. The summed E-state index contributed by atoms with van der Waals surface area (Å²) >= 11 is 0. The molecular formula is C13H13N5. The van der Waals surface area contributed by atoms with Crippen LogP contribution in [0.3, 0.4) is 0 Å². The van der Waals surface area contributed by atoms with Crippen molar-refractivity contribution in [2.45, 2.75) is 13.1 Å². The highest BCUT2D eigenvalue weighted by atomic mass is 15.2. The van der Waals surface area contributed by atoms with Crippen molar-refractivity contribution >= 4 is 10.9 Å². The Morgan fingerprint density at radius 2 is 2.11 bits per heavy atom. The molecular weight excluding hydrogens is 226 g/mol. The molecule has 0 saturated carbocycles. The molecule has 5 heteroatoms. The third-order valence-electron chi connectivity index (χ3n) is 2.75. The predicted molar refractivity (Wildman–Crippen MR) is 68.7 cm³/mol. The Bertz CT molecular complexity index is 633. The van der Waals surface area contributed by atoms with Crippen molar-refractivity contribution in [3.63, 3.8) is 0 Å². The smallest absolute Gasteiger partial charge is 0.138 e. The minimum Gasteiger partial charge on any atom is -0.306 e. The molecule has 2 heterocycles. The molecule has 0 amide bonds. The van der Waals surface area contributed by atoms with Gasteiger partial charge in [-0.3, -0.25) is 10.1 Å². The lowest BCUT2D eigenvalue weighted by Crippen LogP contribution is -2.13. The molecule has 18 heavy (non-hydrogen) atoms. The summed E-state index contributed by atoms with van der Waals surface area (Å²) in [5, 5.41) is 11.1. The van der Waals surface area contributed by atoms with Gasteiger partial charge in [0.05, 0.1) is 12.1 Å². The molecule has 5 nitrogen and oxygen atoms in total. The van der Waals surface area contributed by atoms with Crippen LogP contribution in [-0.2, 0) is 13.1 Å². The lowest BCUT2D eigenvalue weighted by molar-refractivity contribution is 0.665. The molecule has 0 saturated heterocycles. The Morgan fingerprint density at radius 3 is 3.00 bits per heavy atom. The molecule has 3 rings (SSSR count). The molecule has 0 fully saturated rings. The van der Waals surface area contributed by atoms with E-state index in [-0.39, 0.29) is 0 Å². The van der Waals surface area contributed by atoms with Gasteiger partial charge >= 0.3 is 0 Å². The Morgan fingerprint density at radius 1 is 1.11 bits per heavy atom. The van der Waals surface area contributed by atoms with Crippen molar-refractivity contribution in [1.82, 2.24) is 25.5 Å². The van der Waals surface area contributed by atoms with Gasteiger partial charge < -0.3 is 5.32 Å². The Hall–Kier alpha value is -2.27. The lowest BCUT2D eigenvalue weighted by atomic mass is 10.1. The third-order valence-corrected chi connectivity index (χ3v) is 2.75. The fourth-order valence-corrected chi connectivity index (χ4v) is 1.88. The van der Waals surface area contributed by atoms with Crippen LogP contribution in [0, 0.1) is 0 Å². The van der Waals surface area contributed by atoms with Crippen LogP contribution in [0.25, 0.3) is 10.9 Å². The van der Waals surface area contributed by atoms with Gasteiger partial charge in [0.25, 0.3) is 0 Å². The van der Waals surface area contributed by atoms with Crippen LogP contribution in [0.1, 0.15) is 11.4 Å². The summed E-state index contributed by atoms with van der Waals surface area (Å²) in [4.78, 5) is 8.36. The molecule has 3 aromatic rings. The summed E-state index contributed by atoms with van der Waals surface area (Å²) in [6, 6.07) is 10.3. The van der Waals surface area contributed by atoms with Crippen LogP contribution < -0.4 is 5.32 Å². The first-order valence-electron chi connectivity index (χ1n) is 5.80. The lowest BCUT2D eigenvalue weighted by Gasteiger charge is -2.04. The summed E-state index contributed by atoms with van der Waals surface area (Å²) in [5.74, 6) is 0.845. The molecule has 0 aliphatic carbocycles. The second-order valence-electron chi connectivity index (χ2n) is 4.07. The zero-order chi connectivity index (χ0) is 12.2. The molecule has 0 atom stereocenters. The Balaban J connectivity index is 1.67. The number of rotatable bonds is 4. The largest absolute Gasteiger partial charge is 0.306 e. The molecule has 0 radical (unpaired) electrons. The maximum atomic E-state index is 4.30. The molecule has 0 aliphatic heterocycles. The number of nitrogens with zero attached hydrogens (tertiary/aromatic N) is 3. The van der Waals surface area contributed by atoms with E-state index in [2.05, 4.69) is 43.7 Å². The van der Waals surface area contributed by atoms with Crippen molar-refractivity contribution < 1.29 is 0 Å². The molecule has 2 aromatic heterocycles. The van der Waals surface area contributed by atoms with Crippen molar-refractivity contribution in [2.75, 3.05) is 0 Å². The van der Waals surface area contributed by atoms with E-state index in [1.54, 1.807) is 0 Å². The number of fused-ring (bicyclic) bond motifs is 1. The number of H-pyrrole nitrogens is 1. The maximum absolute atomic E-state index is 4.30. The summed E-state index contributed by atoms with van der Waals surface area (Å²) in [7, 11) is 0. The summed E-state index contributed by atoms with van der Waals surface area (Å²) in [6.07, 6.45) is 3.32. The van der Waals surface area contributed by atoms with Gasteiger partial charge in [-0.2, -0.15) is 5.10 Å². The number of hydrogen-bond acceptors (Lipinski definition) is 4. The van der Waals surface area contributed by atoms with Gasteiger partial charge in [-0.25, -0.2) is 4.98 Å². The number of nitrogens with one attached hydrogen (secondary N) is 2. The summed E-state index contributed by atoms with van der Waals surface area (Å²) in [5.41, 5.74) is 2.26. The van der Waals surface area contributed by atoms with Crippen LogP contribution in [0.5, 0.6) is 0 Å². The van der Waals surface area contributed by atoms with Crippen LogP contribution in [0.15, 0.2) is 42.9 Å². The first-order valence-corrected chi connectivity index (χ1v) is 5.80. The van der Waals surface area contributed by atoms with E-state index in [0.29, 0.717) is 6.54 Å². The highest BCUT2D eigenvalue weighted by Crippen LogP contribution is 2.13. The molecule has 0 unspecified atom stereocenters. The van der Waals surface area contributed by atoms with Gasteiger partial charge in [-0.1, -0.05) is 12.1 Å². The zero-order valence-electron chi connectivity index (χ0n) is 9.80. The van der Waals surface area contributed by atoms with Crippen molar-refractivity contribution in [3.8, 4) is 0 Å². The van der Waals surface area contributed by atoms with E-state index in [1.807, 2.05) is 18.3 Å². The standard InChI is InChI=1S/C13H13N5/c1-2-11-6-10(3-4-12(11)15-5-1)7-14-8-13-16-9-17-18-13/h1-6,9,14H,7-8H2,(H,16,17,18). The molecule has 0 bridgehead atoms. The molecule has 0 spiro atoms. The van der Waals surface area contributed by atoms with Crippen molar-refractivity contribution in [2.24, 2.45) is 0 Å². The monoisotopic (exact) mass is 239 g/mol. The van der Waals surface area contributed by atoms with Gasteiger partial charge in [0.1, 0.15) is 12.2 Å². The highest BCUT2D eigenvalue weighted by molar-refractivity contribution is 5.78. The predicted octanol–water partition coefficient (Wildman–Crippen LogP) is 1.64. The number of benzene rings is 1. The maximum Gasteiger partial charge on any atom is 0.138 e. The SMILES string of the molecule is c1cnc2ccc(CNCc3ncn[nH]3)cc2c1. The van der Waals surface area contributed by atoms with E-state index in [1.165, 1.54) is 11.9 Å². The molecule has 1 aromatic carbocycles. The fourth-order valence-electron chi connectivity index (χ4n) is 1.88. The van der Waals surface area contributed by atoms with E-state index in [0.717, 1.165) is 23.3 Å². The number of hydrogen-bond donors (Lipinski definition) is 2. The average Bonchev–Trinajstić information content (AvgIpc) is 2.92. The minimum atomic E-state index is 0.686. The van der Waals surface area contributed by atoms with Gasteiger partial charge in [-0.05, 0) is 23.8 Å². The Kier molecular flexibility index (Phi) is 2.97. The zero-order valence-corrected chi connectivity index (χ0v) is 9.80. The first-order chi connectivity index (χ1) is 8.92. The minimum absolute atomic E-state index is 0.686. The highest BCUT2D eigenvalue weighted by Gasteiger charge is 1.98. The quantitative estimate of drug-likeness (QED) is 0.726. The topological polar surface area (TPSA) is 66.5 Å². The fraction of sp³-hybridized carbons (Fsp3) is 0.154. The summed E-state index contributed by atoms with van der Waals surface area (Å²) < 4.78 is 0. The van der Waals surface area contributed by atoms with Crippen molar-refractivity contribution in [3.05, 3.63) is 54.2 Å². The normalized spacial score (nSPS) is 10.9. The van der Waals surface area contributed by atoms with Crippen LogP contribution in [0.2, 0.25) is 0 Å². The van der Waals surface area contributed by atoms with E-state index in [9.17, 15) is 0 Å². The average molecular weight is 239 g/mol. The van der Waals surface area contributed by atoms with Crippen molar-refractivity contribution in [1.29, 1.82) is 0 Å². The number of aromatic nitrogens is 4. The second kappa shape index (κ2) is 4.93. The van der Waals surface area contributed by atoms with Gasteiger partial charge in [0.2, 0.25) is 0 Å². The Labute approximate surface area is 104 Å². The molecule has 2 N–H and O–H groups in total. The first kappa shape index (κ1) is 10.9. The number of pyridine rings is 1. The molecule has 0 aliphatic rings. The molecule has 90 valence electrons. The van der Waals surface area contributed by atoms with E-state index >= 15 is 0 Å². The van der Waals surface area contributed by atoms with Gasteiger partial charge in [0, 0.05) is 18.1 Å². The van der Waals surface area contributed by atoms with E-state index < -0.39 is 0 Å². The number of aromatic amines is 1. The van der Waals surface area contributed by atoms with E-state index in [4.69, 9.17) is 0 Å². The van der Waals surface area contributed by atoms with Crippen LogP contribution in [-0.4, -0.2) is 20.2 Å². The second-order valence-corrected chi connectivity index (χ2v) is 4.07. The third kappa shape index (κ3) is 2.36. The van der Waals surface area contributed by atoms with Crippen LogP contribution >= 0.6 is 0 Å². The van der Waals surface area contributed by atoms with Crippen LogP contribution in [0.4, 0.5) is 0 Å². The van der Waals surface area contributed by atoms with Gasteiger partial charge in [0.15, 0.2) is 0 Å². The van der Waals surface area contributed by atoms with Gasteiger partial charge in [-0.15, -0.1) is 0 Å².